The molecule has 0 saturated heterocycles. The zero-order chi connectivity index (χ0) is 13.1. The maximum atomic E-state index is 11.4. The second kappa shape index (κ2) is 5.10. The van der Waals surface area contributed by atoms with E-state index in [4.69, 9.17) is 16.0 Å². The maximum Gasteiger partial charge on any atom is 0.337 e. The minimum Gasteiger partial charge on any atom is -0.474 e. The van der Waals surface area contributed by atoms with Crippen LogP contribution in [-0.4, -0.2) is 19.9 Å². The van der Waals surface area contributed by atoms with E-state index in [1.807, 2.05) is 0 Å². The van der Waals surface area contributed by atoms with Crippen molar-refractivity contribution in [3.63, 3.8) is 0 Å². The van der Waals surface area contributed by atoms with Gasteiger partial charge < -0.3 is 14.2 Å². The Hall–Kier alpha value is -2.00. The molecule has 1 aromatic carbocycles. The molecule has 1 aromatic rings. The Morgan fingerprint density at radius 2 is 2.17 bits per heavy atom. The number of hydrogen-bond donors (Lipinski definition) is 0. The Balaban J connectivity index is 2.45. The Labute approximate surface area is 112 Å². The van der Waals surface area contributed by atoms with Gasteiger partial charge in [0, 0.05) is 4.48 Å². The summed E-state index contributed by atoms with van der Waals surface area (Å²) in [5.74, 6) is 0.537. The van der Waals surface area contributed by atoms with Crippen LogP contribution in [0.4, 0.5) is 0 Å². The quantitative estimate of drug-likeness (QED) is 0.478. The standard InChI is InChI=1S/C12H8BrNO4/c1-14-11(12(15)16-2)10(13)7-3-4-8-9(5-7)18-6-17-8/h3-5H,6H2,2H3/b11-10+. The molecule has 0 spiro atoms. The molecule has 0 saturated carbocycles. The Morgan fingerprint density at radius 3 is 2.83 bits per heavy atom. The molecule has 1 aliphatic heterocycles. The van der Waals surface area contributed by atoms with Crippen LogP contribution in [0, 0.1) is 6.57 Å². The van der Waals surface area contributed by atoms with Gasteiger partial charge in [-0.2, -0.15) is 0 Å². The number of benzene rings is 1. The molecule has 5 nitrogen and oxygen atoms in total. The molecule has 92 valence electrons. The second-order valence-corrected chi connectivity index (χ2v) is 4.13. The van der Waals surface area contributed by atoms with Crippen molar-refractivity contribution in [3.8, 4) is 11.5 Å². The van der Waals surface area contributed by atoms with Crippen molar-refractivity contribution in [2.45, 2.75) is 0 Å². The number of carbonyl (C=O) groups excluding carboxylic acids is 1. The van der Waals surface area contributed by atoms with Gasteiger partial charge in [-0.3, -0.25) is 4.79 Å². The zero-order valence-electron chi connectivity index (χ0n) is 9.40. The maximum absolute atomic E-state index is 11.4. The summed E-state index contributed by atoms with van der Waals surface area (Å²) in [6.45, 7) is 7.18. The summed E-state index contributed by atoms with van der Waals surface area (Å²) < 4.78 is 15.3. The monoisotopic (exact) mass is 309 g/mol. The highest BCUT2D eigenvalue weighted by atomic mass is 79.9. The number of ether oxygens (including phenoxy) is 3. The van der Waals surface area contributed by atoms with Crippen LogP contribution in [-0.2, 0) is 9.53 Å². The summed E-state index contributed by atoms with van der Waals surface area (Å²) >= 11 is 3.23. The fourth-order valence-electron chi connectivity index (χ4n) is 1.45. The van der Waals surface area contributed by atoms with E-state index in [0.29, 0.717) is 21.5 Å². The van der Waals surface area contributed by atoms with Crippen molar-refractivity contribution in [2.24, 2.45) is 0 Å². The average Bonchev–Trinajstić information content (AvgIpc) is 2.86. The van der Waals surface area contributed by atoms with Gasteiger partial charge in [0.25, 0.3) is 5.70 Å². The summed E-state index contributed by atoms with van der Waals surface area (Å²) in [5.41, 5.74) is 0.534. The normalized spacial score (nSPS) is 13.6. The first-order valence-electron chi connectivity index (χ1n) is 4.93. The molecule has 0 N–H and O–H groups in total. The summed E-state index contributed by atoms with van der Waals surface area (Å²) in [6.07, 6.45) is 0. The van der Waals surface area contributed by atoms with Gasteiger partial charge in [-0.15, -0.1) is 0 Å². The minimum absolute atomic E-state index is 0.114. The van der Waals surface area contributed by atoms with E-state index in [2.05, 4.69) is 25.5 Å². The van der Waals surface area contributed by atoms with Crippen LogP contribution in [0.3, 0.4) is 0 Å². The predicted molar refractivity (Wildman–Crippen MR) is 67.0 cm³/mol. The van der Waals surface area contributed by atoms with Crippen molar-refractivity contribution >= 4 is 26.4 Å². The van der Waals surface area contributed by atoms with E-state index in [0.717, 1.165) is 0 Å². The lowest BCUT2D eigenvalue weighted by Gasteiger charge is -2.04. The minimum atomic E-state index is -0.686. The van der Waals surface area contributed by atoms with Gasteiger partial charge in [-0.25, -0.2) is 4.85 Å². The summed E-state index contributed by atoms with van der Waals surface area (Å²) in [5, 5.41) is 0. The molecule has 0 atom stereocenters. The number of hydrogen-bond acceptors (Lipinski definition) is 4. The highest BCUT2D eigenvalue weighted by Gasteiger charge is 2.19. The smallest absolute Gasteiger partial charge is 0.337 e. The lowest BCUT2D eigenvalue weighted by Crippen LogP contribution is -2.02. The van der Waals surface area contributed by atoms with Gasteiger partial charge in [0.2, 0.25) is 6.79 Å². The van der Waals surface area contributed by atoms with Crippen molar-refractivity contribution in [1.29, 1.82) is 0 Å². The molecule has 0 aliphatic carbocycles. The van der Waals surface area contributed by atoms with E-state index in [9.17, 15) is 4.79 Å². The van der Waals surface area contributed by atoms with E-state index in [-0.39, 0.29) is 12.5 Å². The number of methoxy groups -OCH3 is 1. The highest BCUT2D eigenvalue weighted by Crippen LogP contribution is 2.37. The van der Waals surface area contributed by atoms with Crippen LogP contribution in [0.15, 0.2) is 23.9 Å². The third-order valence-electron chi connectivity index (χ3n) is 2.32. The molecule has 6 heteroatoms. The van der Waals surface area contributed by atoms with Crippen LogP contribution in [0.5, 0.6) is 11.5 Å². The van der Waals surface area contributed by atoms with Gasteiger partial charge in [0.15, 0.2) is 11.5 Å². The van der Waals surface area contributed by atoms with E-state index < -0.39 is 5.97 Å². The fraction of sp³-hybridized carbons (Fsp3) is 0.167. The number of nitrogens with zero attached hydrogens (tertiary/aromatic N) is 1. The van der Waals surface area contributed by atoms with Crippen molar-refractivity contribution in [3.05, 3.63) is 40.9 Å². The first kappa shape index (κ1) is 12.5. The Kier molecular flexibility index (Phi) is 3.53. The van der Waals surface area contributed by atoms with Crippen LogP contribution < -0.4 is 9.47 Å². The van der Waals surface area contributed by atoms with Crippen LogP contribution in [0.2, 0.25) is 0 Å². The third kappa shape index (κ3) is 2.17. The molecule has 2 rings (SSSR count). The number of carbonyl (C=O) groups is 1. The number of esters is 1. The summed E-state index contributed by atoms with van der Waals surface area (Å²) in [6, 6.07) is 5.14. The van der Waals surface area contributed by atoms with Gasteiger partial charge in [-0.05, 0) is 17.7 Å². The lowest BCUT2D eigenvalue weighted by molar-refractivity contribution is -0.135. The Morgan fingerprint density at radius 1 is 1.44 bits per heavy atom. The molecule has 0 fully saturated rings. The predicted octanol–water partition coefficient (Wildman–Crippen LogP) is 2.57. The summed E-state index contributed by atoms with van der Waals surface area (Å²) in [7, 11) is 1.23. The molecule has 1 aliphatic rings. The molecule has 1 heterocycles. The number of halogens is 1. The van der Waals surface area contributed by atoms with Crippen LogP contribution in [0.25, 0.3) is 9.33 Å². The summed E-state index contributed by atoms with van der Waals surface area (Å²) in [4.78, 5) is 14.6. The second-order valence-electron chi connectivity index (χ2n) is 3.33. The number of rotatable bonds is 2. The van der Waals surface area contributed by atoms with E-state index in [1.54, 1.807) is 18.2 Å². The van der Waals surface area contributed by atoms with E-state index in [1.165, 1.54) is 7.11 Å². The van der Waals surface area contributed by atoms with Crippen LogP contribution in [0.1, 0.15) is 5.56 Å². The average molecular weight is 310 g/mol. The third-order valence-corrected chi connectivity index (χ3v) is 3.16. The molecule has 0 amide bonds. The molecule has 0 bridgehead atoms. The van der Waals surface area contributed by atoms with Crippen LogP contribution >= 0.6 is 15.9 Å². The van der Waals surface area contributed by atoms with E-state index >= 15 is 0 Å². The Bertz CT molecular complexity index is 574. The van der Waals surface area contributed by atoms with Crippen molar-refractivity contribution < 1.29 is 19.0 Å². The molecule has 0 unspecified atom stereocenters. The van der Waals surface area contributed by atoms with Gasteiger partial charge in [-0.1, -0.05) is 22.0 Å². The highest BCUT2D eigenvalue weighted by molar-refractivity contribution is 9.15. The molecular formula is C12H8BrNO4. The van der Waals surface area contributed by atoms with Crippen molar-refractivity contribution in [2.75, 3.05) is 13.9 Å². The first-order valence-corrected chi connectivity index (χ1v) is 5.72. The SMILES string of the molecule is [C-]#[N+]/C(C(=O)OC)=C(/Br)c1ccc2c(c1)OCO2. The van der Waals surface area contributed by atoms with Crippen molar-refractivity contribution in [1.82, 2.24) is 0 Å². The lowest BCUT2D eigenvalue weighted by atomic mass is 10.1. The molecule has 0 aromatic heterocycles. The molecule has 18 heavy (non-hydrogen) atoms. The zero-order valence-corrected chi connectivity index (χ0v) is 11.0. The largest absolute Gasteiger partial charge is 0.474 e. The number of fused-ring (bicyclic) bond motifs is 1. The molecule has 0 radical (unpaired) electrons. The van der Waals surface area contributed by atoms with Gasteiger partial charge in [0.1, 0.15) is 0 Å². The first-order chi connectivity index (χ1) is 8.67. The molecular weight excluding hydrogens is 302 g/mol. The topological polar surface area (TPSA) is 49.1 Å². The van der Waals surface area contributed by atoms with Gasteiger partial charge in [0.05, 0.1) is 13.7 Å². The van der Waals surface area contributed by atoms with Gasteiger partial charge >= 0.3 is 5.97 Å². The fourth-order valence-corrected chi connectivity index (χ4v) is 1.95.